The summed E-state index contributed by atoms with van der Waals surface area (Å²) >= 11 is 0. The standard InChI is InChI=1S/C18H29N3O2/c1-4-12-21(13-5-2)14-6-11-19-17(22)18(23)20-16-9-7-15(3)8-10-16/h7-10H,4-6,11-14H2,1-3H3,(H,19,22)(H,20,23). The van der Waals surface area contributed by atoms with Gasteiger partial charge in [0.05, 0.1) is 0 Å². The first kappa shape index (κ1) is 19.2. The Morgan fingerprint density at radius 1 is 0.957 bits per heavy atom. The lowest BCUT2D eigenvalue weighted by atomic mass is 10.2. The van der Waals surface area contributed by atoms with Crippen LogP contribution in [0.15, 0.2) is 24.3 Å². The van der Waals surface area contributed by atoms with Crippen molar-refractivity contribution in [3.63, 3.8) is 0 Å². The van der Waals surface area contributed by atoms with Crippen LogP contribution >= 0.6 is 0 Å². The molecule has 0 fully saturated rings. The Morgan fingerprint density at radius 2 is 1.57 bits per heavy atom. The zero-order valence-corrected chi connectivity index (χ0v) is 14.5. The summed E-state index contributed by atoms with van der Waals surface area (Å²) in [7, 11) is 0. The van der Waals surface area contributed by atoms with Crippen molar-refractivity contribution in [2.75, 3.05) is 31.5 Å². The van der Waals surface area contributed by atoms with Crippen molar-refractivity contribution in [2.24, 2.45) is 0 Å². The summed E-state index contributed by atoms with van der Waals surface area (Å²) in [6, 6.07) is 7.36. The molecule has 1 aromatic rings. The number of aryl methyl sites for hydroxylation is 1. The van der Waals surface area contributed by atoms with E-state index in [2.05, 4.69) is 29.4 Å². The molecule has 0 aliphatic carbocycles. The minimum atomic E-state index is -0.618. The number of hydrogen-bond donors (Lipinski definition) is 2. The van der Waals surface area contributed by atoms with Crippen LogP contribution < -0.4 is 10.6 Å². The maximum atomic E-state index is 11.8. The Bertz CT molecular complexity index is 480. The van der Waals surface area contributed by atoms with Crippen LogP contribution in [0.1, 0.15) is 38.7 Å². The van der Waals surface area contributed by atoms with Gasteiger partial charge in [-0.15, -0.1) is 0 Å². The maximum Gasteiger partial charge on any atom is 0.313 e. The number of hydrogen-bond acceptors (Lipinski definition) is 3. The molecule has 2 N–H and O–H groups in total. The Balaban J connectivity index is 2.27. The molecule has 0 aromatic heterocycles. The number of anilines is 1. The van der Waals surface area contributed by atoms with Gasteiger partial charge in [0, 0.05) is 12.2 Å². The molecule has 2 amide bonds. The van der Waals surface area contributed by atoms with Crippen LogP contribution in [-0.4, -0.2) is 42.9 Å². The Morgan fingerprint density at radius 3 is 2.13 bits per heavy atom. The van der Waals surface area contributed by atoms with Crippen molar-refractivity contribution in [3.8, 4) is 0 Å². The molecule has 23 heavy (non-hydrogen) atoms. The van der Waals surface area contributed by atoms with Gasteiger partial charge in [-0.2, -0.15) is 0 Å². The number of nitrogens with zero attached hydrogens (tertiary/aromatic N) is 1. The summed E-state index contributed by atoms with van der Waals surface area (Å²) in [5.74, 6) is -1.20. The lowest BCUT2D eigenvalue weighted by Crippen LogP contribution is -2.37. The Labute approximate surface area is 139 Å². The first-order valence-corrected chi connectivity index (χ1v) is 8.45. The number of carbonyl (C=O) groups excluding carboxylic acids is 2. The fourth-order valence-electron chi connectivity index (χ4n) is 2.38. The second-order valence-corrected chi connectivity index (χ2v) is 5.77. The van der Waals surface area contributed by atoms with E-state index in [1.54, 1.807) is 12.1 Å². The molecular weight excluding hydrogens is 290 g/mol. The van der Waals surface area contributed by atoms with Crippen LogP contribution in [0, 0.1) is 6.92 Å². The van der Waals surface area contributed by atoms with Crippen molar-refractivity contribution in [1.29, 1.82) is 0 Å². The molecule has 5 heteroatoms. The molecule has 0 saturated heterocycles. The molecule has 0 spiro atoms. The highest BCUT2D eigenvalue weighted by Crippen LogP contribution is 2.08. The van der Waals surface area contributed by atoms with Crippen LogP contribution in [0.4, 0.5) is 5.69 Å². The molecule has 5 nitrogen and oxygen atoms in total. The van der Waals surface area contributed by atoms with Crippen LogP contribution in [0.5, 0.6) is 0 Å². The first-order chi connectivity index (χ1) is 11.1. The quantitative estimate of drug-likeness (QED) is 0.543. The fraction of sp³-hybridized carbons (Fsp3) is 0.556. The molecule has 0 atom stereocenters. The second-order valence-electron chi connectivity index (χ2n) is 5.77. The summed E-state index contributed by atoms with van der Waals surface area (Å²) in [5.41, 5.74) is 1.74. The van der Waals surface area contributed by atoms with E-state index in [-0.39, 0.29) is 0 Å². The summed E-state index contributed by atoms with van der Waals surface area (Å²) in [4.78, 5) is 26.0. The third-order valence-electron chi connectivity index (χ3n) is 3.53. The van der Waals surface area contributed by atoms with E-state index in [1.807, 2.05) is 19.1 Å². The van der Waals surface area contributed by atoms with E-state index >= 15 is 0 Å². The van der Waals surface area contributed by atoms with E-state index < -0.39 is 11.8 Å². The highest BCUT2D eigenvalue weighted by Gasteiger charge is 2.13. The highest BCUT2D eigenvalue weighted by atomic mass is 16.2. The normalized spacial score (nSPS) is 10.6. The van der Waals surface area contributed by atoms with Gasteiger partial charge < -0.3 is 15.5 Å². The summed E-state index contributed by atoms with van der Waals surface area (Å²) in [6.07, 6.45) is 3.11. The summed E-state index contributed by atoms with van der Waals surface area (Å²) in [5, 5.41) is 5.27. The minimum Gasteiger partial charge on any atom is -0.348 e. The van der Waals surface area contributed by atoms with Crippen LogP contribution in [0.25, 0.3) is 0 Å². The molecule has 0 bridgehead atoms. The predicted octanol–water partition coefficient (Wildman–Crippen LogP) is 2.56. The van der Waals surface area contributed by atoms with Gasteiger partial charge in [0.1, 0.15) is 0 Å². The van der Waals surface area contributed by atoms with Gasteiger partial charge in [0.15, 0.2) is 0 Å². The van der Waals surface area contributed by atoms with Crippen LogP contribution in [0.3, 0.4) is 0 Å². The number of nitrogens with one attached hydrogen (secondary N) is 2. The van der Waals surface area contributed by atoms with Gasteiger partial charge in [0.25, 0.3) is 0 Å². The van der Waals surface area contributed by atoms with Gasteiger partial charge in [-0.05, 0) is 58.0 Å². The smallest absolute Gasteiger partial charge is 0.313 e. The first-order valence-electron chi connectivity index (χ1n) is 8.45. The second kappa shape index (κ2) is 10.8. The van der Waals surface area contributed by atoms with Gasteiger partial charge >= 0.3 is 11.8 Å². The van der Waals surface area contributed by atoms with E-state index in [4.69, 9.17) is 0 Å². The summed E-state index contributed by atoms with van der Waals surface area (Å²) in [6.45, 7) is 9.93. The highest BCUT2D eigenvalue weighted by molar-refractivity contribution is 6.39. The van der Waals surface area contributed by atoms with Crippen molar-refractivity contribution >= 4 is 17.5 Å². The zero-order chi connectivity index (χ0) is 17.1. The largest absolute Gasteiger partial charge is 0.348 e. The van der Waals surface area contributed by atoms with E-state index in [0.717, 1.165) is 44.5 Å². The molecule has 0 heterocycles. The molecule has 128 valence electrons. The lowest BCUT2D eigenvalue weighted by Gasteiger charge is -2.20. The van der Waals surface area contributed by atoms with Crippen molar-refractivity contribution in [1.82, 2.24) is 10.2 Å². The molecule has 0 aliphatic heterocycles. The number of rotatable bonds is 9. The van der Waals surface area contributed by atoms with E-state index in [9.17, 15) is 9.59 Å². The minimum absolute atomic E-state index is 0.518. The van der Waals surface area contributed by atoms with Crippen LogP contribution in [0.2, 0.25) is 0 Å². The molecule has 1 rings (SSSR count). The summed E-state index contributed by atoms with van der Waals surface area (Å²) < 4.78 is 0. The lowest BCUT2D eigenvalue weighted by molar-refractivity contribution is -0.136. The average molecular weight is 319 g/mol. The number of amides is 2. The number of carbonyl (C=O) groups is 2. The molecule has 0 saturated carbocycles. The molecular formula is C18H29N3O2. The SMILES string of the molecule is CCCN(CCC)CCCNC(=O)C(=O)Nc1ccc(C)cc1. The van der Waals surface area contributed by atoms with Gasteiger partial charge in [-0.25, -0.2) is 0 Å². The van der Waals surface area contributed by atoms with Gasteiger partial charge in [0.2, 0.25) is 0 Å². The van der Waals surface area contributed by atoms with Crippen LogP contribution in [-0.2, 0) is 9.59 Å². The maximum absolute atomic E-state index is 11.8. The predicted molar refractivity (Wildman–Crippen MR) is 94.5 cm³/mol. The van der Waals surface area contributed by atoms with Gasteiger partial charge in [-0.3, -0.25) is 9.59 Å². The third-order valence-corrected chi connectivity index (χ3v) is 3.53. The van der Waals surface area contributed by atoms with Crippen molar-refractivity contribution < 1.29 is 9.59 Å². The fourth-order valence-corrected chi connectivity index (χ4v) is 2.38. The van der Waals surface area contributed by atoms with Crippen molar-refractivity contribution in [3.05, 3.63) is 29.8 Å². The zero-order valence-electron chi connectivity index (χ0n) is 14.5. The number of benzene rings is 1. The van der Waals surface area contributed by atoms with Gasteiger partial charge in [-0.1, -0.05) is 31.5 Å². The molecule has 0 radical (unpaired) electrons. The Hall–Kier alpha value is -1.88. The molecule has 0 aliphatic rings. The monoisotopic (exact) mass is 319 g/mol. The van der Waals surface area contributed by atoms with E-state index in [1.165, 1.54) is 0 Å². The molecule has 0 unspecified atom stereocenters. The topological polar surface area (TPSA) is 61.4 Å². The Kier molecular flexibility index (Phi) is 8.98. The van der Waals surface area contributed by atoms with E-state index in [0.29, 0.717) is 12.2 Å². The van der Waals surface area contributed by atoms with Crippen molar-refractivity contribution in [2.45, 2.75) is 40.0 Å². The average Bonchev–Trinajstić information content (AvgIpc) is 2.53. The molecule has 1 aromatic carbocycles. The third kappa shape index (κ3) is 7.79.